The molecule has 6 nitrogen and oxygen atoms in total. The smallest absolute Gasteiger partial charge is 0.357 e. The van der Waals surface area contributed by atoms with Crippen LogP contribution in [0.4, 0.5) is 0 Å². The molecule has 1 N–H and O–H groups in total. The summed E-state index contributed by atoms with van der Waals surface area (Å²) in [7, 11) is 1.81. The summed E-state index contributed by atoms with van der Waals surface area (Å²) in [4.78, 5) is 18.0. The van der Waals surface area contributed by atoms with Gasteiger partial charge in [-0.3, -0.25) is 9.67 Å². The molecule has 0 saturated carbocycles. The van der Waals surface area contributed by atoms with Gasteiger partial charge in [0, 0.05) is 24.5 Å². The van der Waals surface area contributed by atoms with Crippen molar-refractivity contribution < 1.29 is 9.90 Å². The first kappa shape index (κ1) is 16.8. The highest BCUT2D eigenvalue weighted by Gasteiger charge is 2.40. The fourth-order valence-electron chi connectivity index (χ4n) is 4.23. The van der Waals surface area contributed by atoms with E-state index in [9.17, 15) is 9.90 Å². The van der Waals surface area contributed by atoms with E-state index >= 15 is 0 Å². The molecule has 0 spiro atoms. The van der Waals surface area contributed by atoms with Gasteiger partial charge in [-0.15, -0.1) is 12.4 Å². The third-order valence-electron chi connectivity index (χ3n) is 5.18. The molecule has 4 rings (SSSR count). The Morgan fingerprint density at radius 2 is 1.92 bits per heavy atom. The number of aromatic carboxylic acids is 1. The van der Waals surface area contributed by atoms with Gasteiger partial charge in [-0.25, -0.2) is 4.79 Å². The van der Waals surface area contributed by atoms with Gasteiger partial charge in [0.1, 0.15) is 0 Å². The molecule has 7 heteroatoms. The number of carboxylic acid groups (broad SMARTS) is 1. The maximum atomic E-state index is 11.5. The van der Waals surface area contributed by atoms with Gasteiger partial charge in [0.05, 0.1) is 17.9 Å². The molecular formula is C17H21ClN4O2. The molecule has 24 heavy (non-hydrogen) atoms. The molecule has 128 valence electrons. The minimum Gasteiger partial charge on any atom is -0.476 e. The van der Waals surface area contributed by atoms with E-state index < -0.39 is 5.97 Å². The molecule has 0 radical (unpaired) electrons. The van der Waals surface area contributed by atoms with Crippen LogP contribution in [0.5, 0.6) is 0 Å². The predicted molar refractivity (Wildman–Crippen MR) is 95.3 cm³/mol. The second kappa shape index (κ2) is 6.43. The van der Waals surface area contributed by atoms with Crippen molar-refractivity contribution in [3.05, 3.63) is 30.0 Å². The van der Waals surface area contributed by atoms with Crippen LogP contribution in [0, 0.1) is 0 Å². The number of benzene rings is 1. The van der Waals surface area contributed by atoms with E-state index in [1.165, 1.54) is 12.8 Å². The topological polar surface area (TPSA) is 70.7 Å². The van der Waals surface area contributed by atoms with Crippen molar-refractivity contribution in [3.8, 4) is 0 Å². The Morgan fingerprint density at radius 1 is 1.25 bits per heavy atom. The molecule has 0 aliphatic carbocycles. The molecule has 2 aliphatic rings. The quantitative estimate of drug-likeness (QED) is 0.683. The number of carboxylic acids is 1. The number of piperidine rings is 1. The normalized spacial score (nSPS) is 26.0. The van der Waals surface area contributed by atoms with Crippen molar-refractivity contribution in [1.82, 2.24) is 14.7 Å². The number of para-hydroxylation sites is 1. The van der Waals surface area contributed by atoms with Crippen LogP contribution >= 0.6 is 12.4 Å². The summed E-state index contributed by atoms with van der Waals surface area (Å²) in [6.07, 6.45) is 6.30. The Labute approximate surface area is 146 Å². The number of halogens is 1. The molecular weight excluding hydrogens is 328 g/mol. The molecule has 2 atom stereocenters. The predicted octanol–water partition coefficient (Wildman–Crippen LogP) is 2.98. The van der Waals surface area contributed by atoms with E-state index in [0.717, 1.165) is 23.7 Å². The Kier molecular flexibility index (Phi) is 4.49. The standard InChI is InChI=1S/C17H20N4O2.ClH/c1-18-10-20-11-6-7-12(20)9-13(8-11)21-15-5-3-2-4-14(15)16(19-21)17(22)23;/h2-5,10-13H,6-9H2,1H3,(H,22,23);1H/b18-10-;. The van der Waals surface area contributed by atoms with Crippen molar-refractivity contribution >= 4 is 35.6 Å². The van der Waals surface area contributed by atoms with Crippen LogP contribution in [0.2, 0.25) is 0 Å². The lowest BCUT2D eigenvalue weighted by atomic mass is 9.98. The zero-order valence-corrected chi connectivity index (χ0v) is 14.3. The van der Waals surface area contributed by atoms with Crippen LogP contribution in [0.25, 0.3) is 10.9 Å². The van der Waals surface area contributed by atoms with Crippen molar-refractivity contribution in [2.45, 2.75) is 43.8 Å². The van der Waals surface area contributed by atoms with Crippen LogP contribution in [0.3, 0.4) is 0 Å². The van der Waals surface area contributed by atoms with Gasteiger partial charge in [0.25, 0.3) is 0 Å². The largest absolute Gasteiger partial charge is 0.476 e. The Hall–Kier alpha value is -2.08. The highest BCUT2D eigenvalue weighted by atomic mass is 35.5. The van der Waals surface area contributed by atoms with Gasteiger partial charge in [0.15, 0.2) is 5.69 Å². The molecule has 2 aliphatic heterocycles. The second-order valence-corrected chi connectivity index (χ2v) is 6.45. The van der Waals surface area contributed by atoms with Crippen LogP contribution in [0.1, 0.15) is 42.2 Å². The SMILES string of the molecule is C/N=C\N1C2CCC1CC(n1nc(C(=O)O)c3ccccc31)C2.Cl. The van der Waals surface area contributed by atoms with Gasteiger partial charge in [0.2, 0.25) is 0 Å². The van der Waals surface area contributed by atoms with Crippen molar-refractivity contribution in [1.29, 1.82) is 0 Å². The fourth-order valence-corrected chi connectivity index (χ4v) is 4.23. The van der Waals surface area contributed by atoms with Crippen molar-refractivity contribution in [2.75, 3.05) is 7.05 Å². The molecule has 2 fully saturated rings. The molecule has 3 heterocycles. The average Bonchev–Trinajstić information content (AvgIpc) is 3.03. The molecule has 1 aromatic heterocycles. The minimum absolute atomic E-state index is 0. The van der Waals surface area contributed by atoms with Crippen LogP contribution < -0.4 is 0 Å². The number of hydrogen-bond donors (Lipinski definition) is 1. The van der Waals surface area contributed by atoms with Crippen LogP contribution in [0.15, 0.2) is 29.3 Å². The number of hydrogen-bond acceptors (Lipinski definition) is 3. The summed E-state index contributed by atoms with van der Waals surface area (Å²) in [5.74, 6) is -0.960. The summed E-state index contributed by atoms with van der Waals surface area (Å²) >= 11 is 0. The zero-order chi connectivity index (χ0) is 16.0. The number of fused-ring (bicyclic) bond motifs is 3. The third-order valence-corrected chi connectivity index (χ3v) is 5.18. The summed E-state index contributed by atoms with van der Waals surface area (Å²) in [6, 6.07) is 8.85. The van der Waals surface area contributed by atoms with Gasteiger partial charge in [-0.2, -0.15) is 5.10 Å². The summed E-state index contributed by atoms with van der Waals surface area (Å²) in [5, 5.41) is 14.6. The first-order valence-electron chi connectivity index (χ1n) is 8.09. The Morgan fingerprint density at radius 3 is 2.54 bits per heavy atom. The van der Waals surface area contributed by atoms with Gasteiger partial charge < -0.3 is 10.0 Å². The monoisotopic (exact) mass is 348 g/mol. The van der Waals surface area contributed by atoms with E-state index in [4.69, 9.17) is 0 Å². The summed E-state index contributed by atoms with van der Waals surface area (Å²) < 4.78 is 1.95. The fraction of sp³-hybridized carbons (Fsp3) is 0.471. The molecule has 2 unspecified atom stereocenters. The number of nitrogens with zero attached hydrogens (tertiary/aromatic N) is 4. The molecule has 2 bridgehead atoms. The highest BCUT2D eigenvalue weighted by molar-refractivity contribution is 6.01. The number of rotatable bonds is 3. The number of aliphatic imine (C=N–C) groups is 1. The summed E-state index contributed by atoms with van der Waals surface area (Å²) in [5.41, 5.74) is 1.08. The van der Waals surface area contributed by atoms with Crippen LogP contribution in [-0.2, 0) is 0 Å². The molecule has 1 aromatic carbocycles. The molecule has 2 saturated heterocycles. The van der Waals surface area contributed by atoms with Gasteiger partial charge in [-0.05, 0) is 31.7 Å². The maximum absolute atomic E-state index is 11.5. The zero-order valence-electron chi connectivity index (χ0n) is 13.5. The minimum atomic E-state index is -0.960. The first-order chi connectivity index (χ1) is 11.2. The Balaban J connectivity index is 0.00000169. The summed E-state index contributed by atoms with van der Waals surface area (Å²) in [6.45, 7) is 0. The third kappa shape index (κ3) is 2.55. The van der Waals surface area contributed by atoms with Crippen molar-refractivity contribution in [2.24, 2.45) is 4.99 Å². The average molecular weight is 349 g/mol. The van der Waals surface area contributed by atoms with E-state index in [1.54, 1.807) is 0 Å². The Bertz CT molecular complexity index is 774. The lowest BCUT2D eigenvalue weighted by Gasteiger charge is -2.38. The molecule has 2 aromatic rings. The number of carbonyl (C=O) groups is 1. The van der Waals surface area contributed by atoms with E-state index in [2.05, 4.69) is 15.0 Å². The van der Waals surface area contributed by atoms with Gasteiger partial charge in [-0.1, -0.05) is 18.2 Å². The first-order valence-corrected chi connectivity index (χ1v) is 8.09. The number of aromatic nitrogens is 2. The maximum Gasteiger partial charge on any atom is 0.357 e. The second-order valence-electron chi connectivity index (χ2n) is 6.45. The van der Waals surface area contributed by atoms with E-state index in [-0.39, 0.29) is 24.1 Å². The molecule has 0 amide bonds. The van der Waals surface area contributed by atoms with E-state index in [1.807, 2.05) is 42.3 Å². The lowest BCUT2D eigenvalue weighted by molar-refractivity contribution is 0.0690. The highest BCUT2D eigenvalue weighted by Crippen LogP contribution is 2.41. The lowest BCUT2D eigenvalue weighted by Crippen LogP contribution is -2.42. The van der Waals surface area contributed by atoms with Crippen molar-refractivity contribution in [3.63, 3.8) is 0 Å². The van der Waals surface area contributed by atoms with Crippen LogP contribution in [-0.4, -0.2) is 51.2 Å². The van der Waals surface area contributed by atoms with E-state index in [0.29, 0.717) is 12.1 Å². The van der Waals surface area contributed by atoms with Gasteiger partial charge >= 0.3 is 5.97 Å².